The molecule has 5 nitrogen and oxygen atoms in total. The van der Waals surface area contributed by atoms with Crippen molar-refractivity contribution in [2.24, 2.45) is 0 Å². The lowest BCUT2D eigenvalue weighted by Gasteiger charge is -2.16. The Kier molecular flexibility index (Phi) is 4.79. The summed E-state index contributed by atoms with van der Waals surface area (Å²) in [5, 5.41) is 2.79. The van der Waals surface area contributed by atoms with E-state index in [9.17, 15) is 4.79 Å². The highest BCUT2D eigenvalue weighted by Gasteiger charge is 2.20. The van der Waals surface area contributed by atoms with Gasteiger partial charge < -0.3 is 20.5 Å². The van der Waals surface area contributed by atoms with Gasteiger partial charge >= 0.3 is 0 Å². The number of ether oxygens (including phenoxy) is 2. The molecule has 0 aliphatic heterocycles. The van der Waals surface area contributed by atoms with Gasteiger partial charge in [0.15, 0.2) is 6.10 Å². The van der Waals surface area contributed by atoms with Gasteiger partial charge in [-0.15, -0.1) is 0 Å². The van der Waals surface area contributed by atoms with Gasteiger partial charge in [-0.05, 0) is 17.7 Å². The molecule has 0 aliphatic rings. The maximum Gasteiger partial charge on any atom is 0.258 e. The maximum atomic E-state index is 12.3. The molecule has 110 valence electrons. The predicted molar refractivity (Wildman–Crippen MR) is 82.2 cm³/mol. The first-order valence-corrected chi connectivity index (χ1v) is 6.48. The van der Waals surface area contributed by atoms with E-state index in [-0.39, 0.29) is 5.91 Å². The minimum absolute atomic E-state index is 0.254. The molecule has 21 heavy (non-hydrogen) atoms. The minimum Gasteiger partial charge on any atom is -0.495 e. The van der Waals surface area contributed by atoms with Crippen molar-refractivity contribution >= 4 is 17.3 Å². The molecule has 1 atom stereocenters. The first-order valence-electron chi connectivity index (χ1n) is 6.48. The Balaban J connectivity index is 2.16. The van der Waals surface area contributed by atoms with Gasteiger partial charge in [-0.2, -0.15) is 0 Å². The highest BCUT2D eigenvalue weighted by atomic mass is 16.5. The van der Waals surface area contributed by atoms with E-state index in [4.69, 9.17) is 15.2 Å². The molecule has 0 spiro atoms. The maximum absolute atomic E-state index is 12.3. The molecule has 5 heteroatoms. The summed E-state index contributed by atoms with van der Waals surface area (Å²) in [5.74, 6) is 0.261. The van der Waals surface area contributed by atoms with Crippen LogP contribution in [0.5, 0.6) is 5.75 Å². The molecule has 1 amide bonds. The highest BCUT2D eigenvalue weighted by molar-refractivity contribution is 5.95. The minimum atomic E-state index is -0.672. The third-order valence-corrected chi connectivity index (χ3v) is 3.08. The standard InChI is InChI=1S/C16H18N2O3/c1-20-14-10-12(8-9-13(14)17)18-16(19)15(21-2)11-6-4-3-5-7-11/h3-10,15H,17H2,1-2H3,(H,18,19). The summed E-state index contributed by atoms with van der Waals surface area (Å²) in [6.45, 7) is 0. The average Bonchev–Trinajstić information content (AvgIpc) is 2.51. The summed E-state index contributed by atoms with van der Waals surface area (Å²) in [5.41, 5.74) is 7.65. The van der Waals surface area contributed by atoms with Crippen LogP contribution in [0.3, 0.4) is 0 Å². The zero-order valence-electron chi connectivity index (χ0n) is 12.0. The molecule has 1 unspecified atom stereocenters. The summed E-state index contributed by atoms with van der Waals surface area (Å²) in [4.78, 5) is 12.3. The van der Waals surface area contributed by atoms with Crippen LogP contribution in [0.2, 0.25) is 0 Å². The Bertz CT molecular complexity index is 614. The van der Waals surface area contributed by atoms with Crippen LogP contribution in [0, 0.1) is 0 Å². The molecule has 0 fully saturated rings. The second-order valence-electron chi connectivity index (χ2n) is 4.47. The van der Waals surface area contributed by atoms with Crippen LogP contribution in [-0.4, -0.2) is 20.1 Å². The zero-order valence-corrected chi connectivity index (χ0v) is 12.0. The summed E-state index contributed by atoms with van der Waals surface area (Å²) in [6, 6.07) is 14.4. The lowest BCUT2D eigenvalue weighted by molar-refractivity contribution is -0.126. The summed E-state index contributed by atoms with van der Waals surface area (Å²) < 4.78 is 10.4. The fourth-order valence-corrected chi connectivity index (χ4v) is 2.02. The monoisotopic (exact) mass is 286 g/mol. The molecule has 0 saturated carbocycles. The summed E-state index contributed by atoms with van der Waals surface area (Å²) >= 11 is 0. The van der Waals surface area contributed by atoms with Crippen LogP contribution in [0.25, 0.3) is 0 Å². The second-order valence-corrected chi connectivity index (χ2v) is 4.47. The number of amides is 1. The molecule has 0 bridgehead atoms. The Morgan fingerprint density at radius 3 is 2.48 bits per heavy atom. The van der Waals surface area contributed by atoms with Crippen LogP contribution in [0.4, 0.5) is 11.4 Å². The fourth-order valence-electron chi connectivity index (χ4n) is 2.02. The summed E-state index contributed by atoms with van der Waals surface area (Å²) in [7, 11) is 3.03. The van der Waals surface area contributed by atoms with Crippen molar-refractivity contribution in [2.75, 3.05) is 25.3 Å². The van der Waals surface area contributed by atoms with E-state index in [1.54, 1.807) is 18.2 Å². The number of methoxy groups -OCH3 is 2. The van der Waals surface area contributed by atoms with Crippen molar-refractivity contribution in [3.05, 3.63) is 54.1 Å². The van der Waals surface area contributed by atoms with Crippen molar-refractivity contribution in [3.8, 4) is 5.75 Å². The van der Waals surface area contributed by atoms with E-state index in [2.05, 4.69) is 5.32 Å². The van der Waals surface area contributed by atoms with Crippen molar-refractivity contribution in [3.63, 3.8) is 0 Å². The quantitative estimate of drug-likeness (QED) is 0.829. The van der Waals surface area contributed by atoms with E-state index >= 15 is 0 Å². The van der Waals surface area contributed by atoms with E-state index in [1.165, 1.54) is 14.2 Å². The molecule has 0 radical (unpaired) electrons. The van der Waals surface area contributed by atoms with Crippen molar-refractivity contribution in [1.82, 2.24) is 0 Å². The van der Waals surface area contributed by atoms with Crippen LogP contribution in [0.15, 0.2) is 48.5 Å². The molecule has 2 aromatic rings. The van der Waals surface area contributed by atoms with Crippen molar-refractivity contribution in [1.29, 1.82) is 0 Å². The van der Waals surface area contributed by atoms with Gasteiger partial charge in [-0.1, -0.05) is 30.3 Å². The number of benzene rings is 2. The molecule has 0 saturated heterocycles. The Hall–Kier alpha value is -2.53. The van der Waals surface area contributed by atoms with Gasteiger partial charge in [-0.25, -0.2) is 0 Å². The number of hydrogen-bond acceptors (Lipinski definition) is 4. The van der Waals surface area contributed by atoms with Gasteiger partial charge in [0.1, 0.15) is 5.75 Å². The normalized spacial score (nSPS) is 11.7. The average molecular weight is 286 g/mol. The number of hydrogen-bond donors (Lipinski definition) is 2. The topological polar surface area (TPSA) is 73.6 Å². The van der Waals surface area contributed by atoms with E-state index in [1.807, 2.05) is 30.3 Å². The first kappa shape index (κ1) is 14.9. The van der Waals surface area contributed by atoms with Crippen LogP contribution < -0.4 is 15.8 Å². The van der Waals surface area contributed by atoms with Crippen LogP contribution in [0.1, 0.15) is 11.7 Å². The Morgan fingerprint density at radius 1 is 1.14 bits per heavy atom. The molecule has 2 rings (SSSR count). The molecule has 0 aromatic heterocycles. The number of nitrogens with one attached hydrogen (secondary N) is 1. The van der Waals surface area contributed by atoms with Gasteiger partial charge in [-0.3, -0.25) is 4.79 Å². The number of nitrogen functional groups attached to an aromatic ring is 1. The highest BCUT2D eigenvalue weighted by Crippen LogP contribution is 2.26. The second kappa shape index (κ2) is 6.76. The van der Waals surface area contributed by atoms with Gasteiger partial charge in [0.25, 0.3) is 5.91 Å². The SMILES string of the molecule is COc1cc(NC(=O)C(OC)c2ccccc2)ccc1N. The fraction of sp³-hybridized carbons (Fsp3) is 0.188. The van der Waals surface area contributed by atoms with Gasteiger partial charge in [0, 0.05) is 18.9 Å². The third kappa shape index (κ3) is 3.52. The molecule has 0 aliphatic carbocycles. The zero-order chi connectivity index (χ0) is 15.2. The molecule has 3 N–H and O–H groups in total. The number of carbonyl (C=O) groups excluding carboxylic acids is 1. The van der Waals surface area contributed by atoms with Crippen LogP contribution in [-0.2, 0) is 9.53 Å². The van der Waals surface area contributed by atoms with Crippen molar-refractivity contribution in [2.45, 2.75) is 6.10 Å². The Labute approximate surface area is 123 Å². The first-order chi connectivity index (χ1) is 10.2. The summed E-state index contributed by atoms with van der Waals surface area (Å²) in [6.07, 6.45) is -0.672. The smallest absolute Gasteiger partial charge is 0.258 e. The van der Waals surface area contributed by atoms with Gasteiger partial charge in [0.05, 0.1) is 12.8 Å². The predicted octanol–water partition coefficient (Wildman–Crippen LogP) is 2.60. The number of carbonyl (C=O) groups is 1. The van der Waals surface area contributed by atoms with Crippen LogP contribution >= 0.6 is 0 Å². The number of nitrogens with two attached hydrogens (primary N) is 1. The number of anilines is 2. The van der Waals surface area contributed by atoms with Gasteiger partial charge in [0.2, 0.25) is 0 Å². The lowest BCUT2D eigenvalue weighted by atomic mass is 10.1. The molecule has 0 heterocycles. The van der Waals surface area contributed by atoms with E-state index in [0.29, 0.717) is 17.1 Å². The number of rotatable bonds is 5. The lowest BCUT2D eigenvalue weighted by Crippen LogP contribution is -2.22. The molecule has 2 aromatic carbocycles. The largest absolute Gasteiger partial charge is 0.495 e. The Morgan fingerprint density at radius 2 is 1.86 bits per heavy atom. The molecular weight excluding hydrogens is 268 g/mol. The van der Waals surface area contributed by atoms with E-state index < -0.39 is 6.10 Å². The third-order valence-electron chi connectivity index (χ3n) is 3.08. The van der Waals surface area contributed by atoms with Crippen molar-refractivity contribution < 1.29 is 14.3 Å². The van der Waals surface area contributed by atoms with E-state index in [0.717, 1.165) is 5.56 Å². The molecular formula is C16H18N2O3.